The summed E-state index contributed by atoms with van der Waals surface area (Å²) >= 11 is 7.19. The fourth-order valence-corrected chi connectivity index (χ4v) is 3.23. The van der Waals surface area contributed by atoms with Gasteiger partial charge in [-0.2, -0.15) is 13.2 Å². The lowest BCUT2D eigenvalue weighted by Gasteiger charge is -2.25. The fourth-order valence-electron chi connectivity index (χ4n) is 2.00. The smallest absolute Gasteiger partial charge is 0.426 e. The summed E-state index contributed by atoms with van der Waals surface area (Å²) in [6, 6.07) is 5.66. The van der Waals surface area contributed by atoms with Crippen molar-refractivity contribution >= 4 is 40.9 Å². The molecule has 1 aromatic carbocycles. The lowest BCUT2D eigenvalue weighted by molar-refractivity contribution is -0.242. The number of rotatable bonds is 6. The molecule has 1 heterocycles. The lowest BCUT2D eigenvalue weighted by atomic mass is 10.1. The van der Waals surface area contributed by atoms with Gasteiger partial charge in [0.25, 0.3) is 5.91 Å². The van der Waals surface area contributed by atoms with Crippen LogP contribution in [0.5, 0.6) is 0 Å². The first kappa shape index (κ1) is 23.0. The minimum Gasteiger partial charge on any atom is -0.462 e. The number of hydrogen-bond donors (Lipinski definition) is 2. The Labute approximate surface area is 173 Å². The van der Waals surface area contributed by atoms with Crippen molar-refractivity contribution < 1.29 is 32.6 Å². The highest BCUT2D eigenvalue weighted by Crippen LogP contribution is 2.36. The molecule has 1 amide bonds. The van der Waals surface area contributed by atoms with Crippen LogP contribution in [-0.2, 0) is 9.53 Å². The number of halogens is 4. The Bertz CT molecular complexity index is 922. The first-order valence-electron chi connectivity index (χ1n) is 8.16. The van der Waals surface area contributed by atoms with Crippen LogP contribution in [0.25, 0.3) is 0 Å². The number of esters is 1. The van der Waals surface area contributed by atoms with Crippen molar-refractivity contribution in [2.75, 3.05) is 11.9 Å². The van der Waals surface area contributed by atoms with Crippen molar-refractivity contribution in [1.82, 2.24) is 4.98 Å². The molecule has 11 heteroatoms. The molecule has 29 heavy (non-hydrogen) atoms. The van der Waals surface area contributed by atoms with Crippen LogP contribution in [0.4, 0.5) is 18.9 Å². The minimum atomic E-state index is -5.15. The number of benzene rings is 1. The van der Waals surface area contributed by atoms with E-state index in [1.807, 2.05) is 5.32 Å². The number of alkyl halides is 3. The summed E-state index contributed by atoms with van der Waals surface area (Å²) in [5.74, 6) is -2.19. The molecule has 156 valence electrons. The summed E-state index contributed by atoms with van der Waals surface area (Å²) in [5.41, 5.74) is -3.39. The molecule has 0 unspecified atom stereocenters. The third-order valence-corrected chi connectivity index (χ3v) is 5.04. The van der Waals surface area contributed by atoms with Gasteiger partial charge in [-0.25, -0.2) is 4.79 Å². The molecule has 0 aliphatic rings. The summed E-state index contributed by atoms with van der Waals surface area (Å²) in [6.45, 7) is 2.22. The van der Waals surface area contributed by atoms with Crippen LogP contribution < -0.4 is 5.32 Å². The Morgan fingerprint density at radius 3 is 2.59 bits per heavy atom. The van der Waals surface area contributed by atoms with E-state index in [2.05, 4.69) is 4.98 Å². The van der Waals surface area contributed by atoms with E-state index in [1.54, 1.807) is 6.92 Å². The number of aromatic nitrogens is 1. The molecule has 0 bridgehead atoms. The summed E-state index contributed by atoms with van der Waals surface area (Å²) in [6.07, 6.45) is -2.25. The fraction of sp³-hybridized carbons (Fsp3) is 0.278. The van der Waals surface area contributed by atoms with E-state index in [-0.39, 0.29) is 17.3 Å². The summed E-state index contributed by atoms with van der Waals surface area (Å²) in [5, 5.41) is 11.3. The Hall–Kier alpha value is -2.30. The van der Waals surface area contributed by atoms with Crippen LogP contribution in [-0.4, -0.2) is 40.4 Å². The zero-order valence-corrected chi connectivity index (χ0v) is 16.8. The van der Waals surface area contributed by atoms with Gasteiger partial charge in [0.05, 0.1) is 22.9 Å². The van der Waals surface area contributed by atoms with Crippen molar-refractivity contribution in [1.29, 1.82) is 0 Å². The van der Waals surface area contributed by atoms with E-state index in [1.165, 1.54) is 36.7 Å². The third-order valence-electron chi connectivity index (χ3n) is 3.69. The third kappa shape index (κ3) is 5.40. The maximum absolute atomic E-state index is 12.8. The maximum atomic E-state index is 12.8. The van der Waals surface area contributed by atoms with Gasteiger partial charge in [0.1, 0.15) is 0 Å². The Morgan fingerprint density at radius 2 is 2.00 bits per heavy atom. The number of nitrogens with zero attached hydrogens (tertiary/aromatic N) is 1. The van der Waals surface area contributed by atoms with Crippen LogP contribution in [0.15, 0.2) is 46.5 Å². The van der Waals surface area contributed by atoms with Gasteiger partial charge in [-0.05, 0) is 38.1 Å². The first-order chi connectivity index (χ1) is 13.5. The molecule has 0 aliphatic heterocycles. The highest BCUT2D eigenvalue weighted by atomic mass is 35.5. The van der Waals surface area contributed by atoms with Crippen molar-refractivity contribution in [3.05, 3.63) is 47.2 Å². The van der Waals surface area contributed by atoms with Gasteiger partial charge >= 0.3 is 12.1 Å². The van der Waals surface area contributed by atoms with Gasteiger partial charge in [-0.15, -0.1) is 0 Å². The second kappa shape index (κ2) is 9.02. The van der Waals surface area contributed by atoms with Crippen LogP contribution in [0.2, 0.25) is 5.02 Å². The number of carbonyl (C=O) groups excluding carboxylic acids is 2. The zero-order valence-electron chi connectivity index (χ0n) is 15.2. The van der Waals surface area contributed by atoms with E-state index < -0.39 is 23.7 Å². The van der Waals surface area contributed by atoms with Crippen molar-refractivity contribution in [3.63, 3.8) is 0 Å². The van der Waals surface area contributed by atoms with E-state index in [0.29, 0.717) is 22.3 Å². The second-order valence-corrected chi connectivity index (χ2v) is 7.38. The summed E-state index contributed by atoms with van der Waals surface area (Å²) < 4.78 is 43.3. The number of amides is 1. The Kier molecular flexibility index (Phi) is 7.15. The second-order valence-electron chi connectivity index (χ2n) is 5.86. The van der Waals surface area contributed by atoms with Gasteiger partial charge in [0.2, 0.25) is 5.60 Å². The topological polar surface area (TPSA) is 88.5 Å². The molecule has 0 saturated heterocycles. The molecular formula is C18H16ClF3N2O4S. The average molecular weight is 449 g/mol. The number of pyridine rings is 1. The standard InChI is InChI=1S/C18H16ClF3N2O4S/c1-3-28-15(25)11-6-7-23-9-14(11)29-10-4-5-13(12(19)8-10)24-16(26)17(2,27)18(20,21)22/h4-9,27H,3H2,1-2H3,(H,24,26)/t17-/m1/s1. The molecular weight excluding hydrogens is 433 g/mol. The number of anilines is 1. The van der Waals surface area contributed by atoms with Gasteiger partial charge in [0, 0.05) is 22.2 Å². The van der Waals surface area contributed by atoms with Gasteiger partial charge in [-0.1, -0.05) is 23.4 Å². The van der Waals surface area contributed by atoms with Crippen molar-refractivity contribution in [2.24, 2.45) is 0 Å². The van der Waals surface area contributed by atoms with Gasteiger partial charge < -0.3 is 15.2 Å². The quantitative estimate of drug-likeness (QED) is 0.640. The molecule has 2 aromatic rings. The molecule has 0 spiro atoms. The number of aliphatic hydroxyl groups is 1. The normalized spacial score (nSPS) is 13.5. The Balaban J connectivity index is 2.21. The molecule has 1 aromatic heterocycles. The minimum absolute atomic E-state index is 0.0529. The molecule has 0 aliphatic carbocycles. The van der Waals surface area contributed by atoms with Crippen LogP contribution in [0, 0.1) is 0 Å². The number of hydrogen-bond acceptors (Lipinski definition) is 6. The Morgan fingerprint density at radius 1 is 1.31 bits per heavy atom. The highest BCUT2D eigenvalue weighted by Gasteiger charge is 2.55. The van der Waals surface area contributed by atoms with Crippen molar-refractivity contribution in [3.8, 4) is 0 Å². The van der Waals surface area contributed by atoms with Gasteiger partial charge in [0.15, 0.2) is 0 Å². The van der Waals surface area contributed by atoms with E-state index in [0.717, 1.165) is 11.8 Å². The van der Waals surface area contributed by atoms with E-state index in [9.17, 15) is 27.9 Å². The van der Waals surface area contributed by atoms with Gasteiger partial charge in [-0.3, -0.25) is 9.78 Å². The lowest BCUT2D eigenvalue weighted by Crippen LogP contribution is -2.52. The largest absolute Gasteiger partial charge is 0.462 e. The predicted octanol–water partition coefficient (Wildman–Crippen LogP) is 4.31. The number of ether oxygens (including phenoxy) is 1. The number of nitrogens with one attached hydrogen (secondary N) is 1. The molecule has 2 rings (SSSR count). The molecule has 0 fully saturated rings. The molecule has 6 nitrogen and oxygen atoms in total. The van der Waals surface area contributed by atoms with Crippen molar-refractivity contribution in [2.45, 2.75) is 35.4 Å². The maximum Gasteiger partial charge on any atom is 0.426 e. The predicted molar refractivity (Wildman–Crippen MR) is 101 cm³/mol. The highest BCUT2D eigenvalue weighted by molar-refractivity contribution is 7.99. The molecule has 2 N–H and O–H groups in total. The SMILES string of the molecule is CCOC(=O)c1ccncc1Sc1ccc(NC(=O)[C@@](C)(O)C(F)(F)F)c(Cl)c1. The summed E-state index contributed by atoms with van der Waals surface area (Å²) in [7, 11) is 0. The van der Waals surface area contributed by atoms with E-state index in [4.69, 9.17) is 16.3 Å². The monoisotopic (exact) mass is 448 g/mol. The molecule has 0 radical (unpaired) electrons. The van der Waals surface area contributed by atoms with Crippen LogP contribution in [0.3, 0.4) is 0 Å². The van der Waals surface area contributed by atoms with E-state index >= 15 is 0 Å². The van der Waals surface area contributed by atoms with Crippen LogP contribution in [0.1, 0.15) is 24.2 Å². The first-order valence-corrected chi connectivity index (χ1v) is 9.36. The zero-order chi connectivity index (χ0) is 21.8. The molecule has 1 atom stereocenters. The summed E-state index contributed by atoms with van der Waals surface area (Å²) in [4.78, 5) is 28.8. The molecule has 0 saturated carbocycles. The van der Waals surface area contributed by atoms with Crippen LogP contribution >= 0.6 is 23.4 Å². The number of carbonyl (C=O) groups is 2. The average Bonchev–Trinajstić information content (AvgIpc) is 2.63.